The standard InChI is InChI=1S/C12H11BrN4S/c13-10-5-9(8-18-10)6-14-7-12-16-15-11-3-1-2-4-17(11)12/h1-5,8,14H,6-7H2. The van der Waals surface area contributed by atoms with E-state index < -0.39 is 0 Å². The smallest absolute Gasteiger partial charge is 0.160 e. The summed E-state index contributed by atoms with van der Waals surface area (Å²) >= 11 is 5.16. The van der Waals surface area contributed by atoms with E-state index in [-0.39, 0.29) is 0 Å². The van der Waals surface area contributed by atoms with Crippen LogP contribution in [-0.4, -0.2) is 14.6 Å². The van der Waals surface area contributed by atoms with Gasteiger partial charge in [0.1, 0.15) is 0 Å². The fourth-order valence-electron chi connectivity index (χ4n) is 1.77. The van der Waals surface area contributed by atoms with Crippen LogP contribution in [0.15, 0.2) is 39.6 Å². The fourth-order valence-corrected chi connectivity index (χ4v) is 2.98. The lowest BCUT2D eigenvalue weighted by Crippen LogP contribution is -2.14. The van der Waals surface area contributed by atoms with Gasteiger partial charge in [-0.05, 0) is 45.1 Å². The number of pyridine rings is 1. The Morgan fingerprint density at radius 2 is 2.22 bits per heavy atom. The predicted molar refractivity (Wildman–Crippen MR) is 75.5 cm³/mol. The van der Waals surface area contributed by atoms with Crippen LogP contribution in [0.3, 0.4) is 0 Å². The topological polar surface area (TPSA) is 42.2 Å². The molecule has 0 atom stereocenters. The molecule has 3 heterocycles. The summed E-state index contributed by atoms with van der Waals surface area (Å²) in [6.07, 6.45) is 1.98. The number of hydrogen-bond donors (Lipinski definition) is 1. The predicted octanol–water partition coefficient (Wildman–Crippen LogP) is 2.84. The van der Waals surface area contributed by atoms with Crippen LogP contribution in [0, 0.1) is 0 Å². The summed E-state index contributed by atoms with van der Waals surface area (Å²) in [5.74, 6) is 0.930. The monoisotopic (exact) mass is 322 g/mol. The third kappa shape index (κ3) is 2.45. The highest BCUT2D eigenvalue weighted by atomic mass is 79.9. The van der Waals surface area contributed by atoms with Gasteiger partial charge in [0.05, 0.1) is 10.3 Å². The van der Waals surface area contributed by atoms with Crippen LogP contribution in [0.1, 0.15) is 11.4 Å². The number of hydrogen-bond acceptors (Lipinski definition) is 4. The number of fused-ring (bicyclic) bond motifs is 1. The first kappa shape index (κ1) is 11.8. The van der Waals surface area contributed by atoms with Gasteiger partial charge in [-0.1, -0.05) is 6.07 Å². The normalized spacial score (nSPS) is 11.2. The van der Waals surface area contributed by atoms with Crippen molar-refractivity contribution < 1.29 is 0 Å². The number of aromatic nitrogens is 3. The Morgan fingerprint density at radius 1 is 1.28 bits per heavy atom. The number of thiophene rings is 1. The average molecular weight is 323 g/mol. The molecule has 0 unspecified atom stereocenters. The van der Waals surface area contributed by atoms with Crippen molar-refractivity contribution in [3.05, 3.63) is 51.0 Å². The zero-order valence-electron chi connectivity index (χ0n) is 9.51. The lowest BCUT2D eigenvalue weighted by Gasteiger charge is -2.01. The van der Waals surface area contributed by atoms with Crippen LogP contribution in [0.5, 0.6) is 0 Å². The molecular weight excluding hydrogens is 312 g/mol. The molecule has 0 aliphatic carbocycles. The Bertz CT molecular complexity index is 661. The second-order valence-electron chi connectivity index (χ2n) is 3.91. The van der Waals surface area contributed by atoms with E-state index in [9.17, 15) is 0 Å². The maximum atomic E-state index is 4.18. The molecule has 0 saturated heterocycles. The Balaban J connectivity index is 1.66. The Labute approximate surface area is 117 Å². The van der Waals surface area contributed by atoms with Gasteiger partial charge in [0, 0.05) is 12.7 Å². The van der Waals surface area contributed by atoms with Crippen molar-refractivity contribution in [2.75, 3.05) is 0 Å². The van der Waals surface area contributed by atoms with Crippen molar-refractivity contribution in [3.8, 4) is 0 Å². The molecule has 0 amide bonds. The lowest BCUT2D eigenvalue weighted by molar-refractivity contribution is 0.658. The molecule has 4 nitrogen and oxygen atoms in total. The maximum Gasteiger partial charge on any atom is 0.160 e. The second-order valence-corrected chi connectivity index (χ2v) is 6.20. The number of halogens is 1. The van der Waals surface area contributed by atoms with E-state index in [4.69, 9.17) is 0 Å². The summed E-state index contributed by atoms with van der Waals surface area (Å²) in [7, 11) is 0. The van der Waals surface area contributed by atoms with Crippen LogP contribution < -0.4 is 5.32 Å². The van der Waals surface area contributed by atoms with Crippen molar-refractivity contribution >= 4 is 32.9 Å². The van der Waals surface area contributed by atoms with Crippen LogP contribution in [-0.2, 0) is 13.1 Å². The first-order valence-electron chi connectivity index (χ1n) is 5.55. The molecule has 0 aliphatic heterocycles. The van der Waals surface area contributed by atoms with Gasteiger partial charge in [0.25, 0.3) is 0 Å². The molecular formula is C12H11BrN4S. The van der Waals surface area contributed by atoms with E-state index in [2.05, 4.69) is 42.9 Å². The molecule has 0 fully saturated rings. The highest BCUT2D eigenvalue weighted by Gasteiger charge is 2.04. The third-order valence-corrected chi connectivity index (χ3v) is 4.17. The van der Waals surface area contributed by atoms with Crippen molar-refractivity contribution in [1.29, 1.82) is 0 Å². The minimum Gasteiger partial charge on any atom is -0.306 e. The second kappa shape index (κ2) is 5.17. The maximum absolute atomic E-state index is 4.18. The van der Waals surface area contributed by atoms with Gasteiger partial charge in [-0.15, -0.1) is 21.5 Å². The van der Waals surface area contributed by atoms with Crippen molar-refractivity contribution in [1.82, 2.24) is 19.9 Å². The molecule has 92 valence electrons. The molecule has 0 aromatic carbocycles. The van der Waals surface area contributed by atoms with Gasteiger partial charge in [0.2, 0.25) is 0 Å². The Kier molecular flexibility index (Phi) is 3.40. The molecule has 0 saturated carbocycles. The highest BCUT2D eigenvalue weighted by Crippen LogP contribution is 2.20. The number of rotatable bonds is 4. The largest absolute Gasteiger partial charge is 0.306 e. The van der Waals surface area contributed by atoms with E-state index in [1.165, 1.54) is 5.56 Å². The molecule has 3 rings (SSSR count). The summed E-state index contributed by atoms with van der Waals surface area (Å²) in [5.41, 5.74) is 2.16. The fraction of sp³-hybridized carbons (Fsp3) is 0.167. The van der Waals surface area contributed by atoms with Crippen LogP contribution in [0.25, 0.3) is 5.65 Å². The van der Waals surface area contributed by atoms with E-state index in [0.717, 1.165) is 21.8 Å². The van der Waals surface area contributed by atoms with Gasteiger partial charge in [-0.25, -0.2) is 0 Å². The highest BCUT2D eigenvalue weighted by molar-refractivity contribution is 9.11. The summed E-state index contributed by atoms with van der Waals surface area (Å²) in [4.78, 5) is 0. The molecule has 3 aromatic rings. The van der Waals surface area contributed by atoms with Crippen LogP contribution in [0.4, 0.5) is 0 Å². The molecule has 6 heteroatoms. The van der Waals surface area contributed by atoms with Crippen molar-refractivity contribution in [2.45, 2.75) is 13.1 Å². The van der Waals surface area contributed by atoms with E-state index >= 15 is 0 Å². The number of nitrogens with zero attached hydrogens (tertiary/aromatic N) is 3. The van der Waals surface area contributed by atoms with E-state index in [1.807, 2.05) is 28.8 Å². The molecule has 18 heavy (non-hydrogen) atoms. The summed E-state index contributed by atoms with van der Waals surface area (Å²) < 4.78 is 3.16. The van der Waals surface area contributed by atoms with Crippen molar-refractivity contribution in [2.24, 2.45) is 0 Å². The Morgan fingerprint density at radius 3 is 3.06 bits per heavy atom. The molecule has 0 radical (unpaired) electrons. The summed E-state index contributed by atoms with van der Waals surface area (Å²) in [6.45, 7) is 1.54. The third-order valence-electron chi connectivity index (χ3n) is 2.62. The molecule has 0 spiro atoms. The van der Waals surface area contributed by atoms with E-state index in [0.29, 0.717) is 6.54 Å². The van der Waals surface area contributed by atoms with Gasteiger partial charge in [-0.2, -0.15) is 0 Å². The average Bonchev–Trinajstić information content (AvgIpc) is 2.97. The first-order valence-corrected chi connectivity index (χ1v) is 7.22. The quantitative estimate of drug-likeness (QED) is 0.803. The van der Waals surface area contributed by atoms with Gasteiger partial charge >= 0.3 is 0 Å². The lowest BCUT2D eigenvalue weighted by atomic mass is 10.3. The van der Waals surface area contributed by atoms with Gasteiger partial charge in [0.15, 0.2) is 11.5 Å². The number of nitrogens with one attached hydrogen (secondary N) is 1. The molecule has 0 aliphatic rings. The molecule has 3 aromatic heterocycles. The van der Waals surface area contributed by atoms with Gasteiger partial charge < -0.3 is 5.32 Å². The Hall–Kier alpha value is -1.24. The summed E-state index contributed by atoms with van der Waals surface area (Å²) in [6, 6.07) is 8.02. The van der Waals surface area contributed by atoms with Crippen LogP contribution in [0.2, 0.25) is 0 Å². The van der Waals surface area contributed by atoms with Crippen molar-refractivity contribution in [3.63, 3.8) is 0 Å². The zero-order chi connectivity index (χ0) is 12.4. The SMILES string of the molecule is Brc1cc(CNCc2nnc3ccccn23)cs1. The van der Waals surface area contributed by atoms with E-state index in [1.54, 1.807) is 11.3 Å². The summed E-state index contributed by atoms with van der Waals surface area (Å²) in [5, 5.41) is 13.8. The minimum atomic E-state index is 0.707. The zero-order valence-corrected chi connectivity index (χ0v) is 11.9. The molecule has 0 bridgehead atoms. The minimum absolute atomic E-state index is 0.707. The molecule has 1 N–H and O–H groups in total. The first-order chi connectivity index (χ1) is 8.83. The van der Waals surface area contributed by atoms with Gasteiger partial charge in [-0.3, -0.25) is 4.40 Å². The van der Waals surface area contributed by atoms with Crippen LogP contribution >= 0.6 is 27.3 Å².